The van der Waals surface area contributed by atoms with Crippen LogP contribution in [0.2, 0.25) is 5.02 Å². The van der Waals surface area contributed by atoms with Gasteiger partial charge in [-0.25, -0.2) is 8.42 Å². The maximum atomic E-state index is 14.0. The van der Waals surface area contributed by atoms with Gasteiger partial charge in [0.05, 0.1) is 10.6 Å². The third-order valence-corrected chi connectivity index (χ3v) is 9.66. The van der Waals surface area contributed by atoms with E-state index in [2.05, 4.69) is 5.32 Å². The molecule has 218 valence electrons. The number of anilines is 1. The van der Waals surface area contributed by atoms with Crippen molar-refractivity contribution in [2.45, 2.75) is 56.6 Å². The Hall–Kier alpha value is -3.88. The lowest BCUT2D eigenvalue weighted by atomic mass is 10.0. The molecule has 9 heteroatoms. The van der Waals surface area contributed by atoms with Gasteiger partial charge in [0.25, 0.3) is 10.0 Å². The number of rotatable bonds is 11. The lowest BCUT2D eigenvalue weighted by Crippen LogP contribution is -2.51. The molecule has 0 bridgehead atoms. The van der Waals surface area contributed by atoms with Crippen molar-refractivity contribution in [1.29, 1.82) is 0 Å². The maximum Gasteiger partial charge on any atom is 0.265 e. The molecule has 0 fully saturated rings. The van der Waals surface area contributed by atoms with Crippen LogP contribution in [0.3, 0.4) is 0 Å². The Bertz CT molecular complexity index is 1700. The fraction of sp³-hybridized carbons (Fsp3) is 0.273. The summed E-state index contributed by atoms with van der Waals surface area (Å²) in [4.78, 5) is 29.4. The Morgan fingerprint density at radius 3 is 2.31 bits per heavy atom. The second kappa shape index (κ2) is 12.5. The number of hydrogen-bond acceptors (Lipinski definition) is 4. The van der Waals surface area contributed by atoms with Crippen LogP contribution in [0, 0.1) is 0 Å². The van der Waals surface area contributed by atoms with Crippen LogP contribution in [0.5, 0.6) is 0 Å². The molecule has 0 aromatic heterocycles. The molecule has 0 spiro atoms. The average molecular weight is 604 g/mol. The van der Waals surface area contributed by atoms with E-state index >= 15 is 0 Å². The smallest absolute Gasteiger partial charge is 0.265 e. The normalized spacial score (nSPS) is 14.2. The van der Waals surface area contributed by atoms with E-state index in [0.29, 0.717) is 22.5 Å². The van der Waals surface area contributed by atoms with Crippen LogP contribution in [-0.2, 0) is 32.6 Å². The first-order valence-corrected chi connectivity index (χ1v) is 15.9. The van der Waals surface area contributed by atoms with Gasteiger partial charge in [0.1, 0.15) is 6.04 Å². The highest BCUT2D eigenvalue weighted by atomic mass is 35.5. The molecule has 1 unspecified atom stereocenters. The van der Waals surface area contributed by atoms with Crippen molar-refractivity contribution >= 4 is 49.9 Å². The second-order valence-electron chi connectivity index (χ2n) is 10.8. The topological polar surface area (TPSA) is 86.8 Å². The van der Waals surface area contributed by atoms with Crippen molar-refractivity contribution in [3.8, 4) is 0 Å². The number of hydrogen-bond donors (Lipinski definition) is 1. The second-order valence-corrected chi connectivity index (χ2v) is 13.0. The van der Waals surface area contributed by atoms with E-state index in [9.17, 15) is 18.0 Å². The van der Waals surface area contributed by atoms with E-state index in [1.807, 2.05) is 80.6 Å². The first-order valence-electron chi connectivity index (χ1n) is 14.1. The maximum absolute atomic E-state index is 14.0. The molecule has 42 heavy (non-hydrogen) atoms. The highest BCUT2D eigenvalue weighted by molar-refractivity contribution is 7.93. The van der Waals surface area contributed by atoms with Gasteiger partial charge >= 0.3 is 0 Å². The van der Waals surface area contributed by atoms with Gasteiger partial charge in [0.2, 0.25) is 11.8 Å². The summed E-state index contributed by atoms with van der Waals surface area (Å²) in [5.41, 5.74) is 2.28. The van der Waals surface area contributed by atoms with Gasteiger partial charge in [-0.3, -0.25) is 13.9 Å². The summed E-state index contributed by atoms with van der Waals surface area (Å²) in [6.07, 6.45) is 0.668. The quantitative estimate of drug-likeness (QED) is 0.230. The average Bonchev–Trinajstić information content (AvgIpc) is 3.19. The summed E-state index contributed by atoms with van der Waals surface area (Å²) in [6.45, 7) is 4.05. The molecule has 5 rings (SSSR count). The minimum Gasteiger partial charge on any atom is -0.352 e. The molecule has 7 nitrogen and oxygen atoms in total. The molecule has 0 saturated carbocycles. The SMILES string of the molecule is CC(C)NC(=O)C(Cc1ccccc1)N(Cc1ccccc1Cl)C(=O)CCCN1c2cccc3cccc(c23)S1(=O)=O. The van der Waals surface area contributed by atoms with E-state index in [1.54, 1.807) is 29.2 Å². The molecule has 0 saturated heterocycles. The summed E-state index contributed by atoms with van der Waals surface area (Å²) >= 11 is 6.49. The summed E-state index contributed by atoms with van der Waals surface area (Å²) in [5.74, 6) is -0.499. The number of amides is 2. The standard InChI is InChI=1S/C33H34ClN3O4S/c1-23(2)35-33(39)29(21-24-11-4-3-5-12-24)36(22-26-13-6-7-16-27(26)34)31(38)19-10-20-37-28-17-8-14-25-15-9-18-30(32(25)28)42(37,40)41/h3-9,11-18,23,29H,10,19-22H2,1-2H3,(H,35,39). The molecule has 2 amide bonds. The number of benzene rings is 4. The molecule has 1 aliphatic rings. The van der Waals surface area contributed by atoms with Crippen LogP contribution in [-0.4, -0.2) is 43.8 Å². The van der Waals surface area contributed by atoms with Gasteiger partial charge in [-0.1, -0.05) is 84.4 Å². The molecule has 1 heterocycles. The Kier molecular flexibility index (Phi) is 8.85. The first-order chi connectivity index (χ1) is 20.2. The molecule has 4 aromatic carbocycles. The number of carbonyl (C=O) groups is 2. The van der Waals surface area contributed by atoms with E-state index in [-0.39, 0.29) is 48.7 Å². The Morgan fingerprint density at radius 2 is 1.60 bits per heavy atom. The zero-order valence-electron chi connectivity index (χ0n) is 23.7. The zero-order valence-corrected chi connectivity index (χ0v) is 25.2. The number of halogens is 1. The lowest BCUT2D eigenvalue weighted by molar-refractivity contribution is -0.141. The predicted octanol–water partition coefficient (Wildman–Crippen LogP) is 5.95. The number of carbonyl (C=O) groups excluding carboxylic acids is 2. The Labute approximate surface area is 252 Å². The Morgan fingerprint density at radius 1 is 0.905 bits per heavy atom. The summed E-state index contributed by atoms with van der Waals surface area (Å²) in [7, 11) is -3.73. The minimum absolute atomic E-state index is 0.0586. The third-order valence-electron chi connectivity index (χ3n) is 7.43. The van der Waals surface area contributed by atoms with Crippen molar-refractivity contribution < 1.29 is 18.0 Å². The van der Waals surface area contributed by atoms with Gasteiger partial charge < -0.3 is 10.2 Å². The van der Waals surface area contributed by atoms with Gasteiger partial charge in [0.15, 0.2) is 0 Å². The van der Waals surface area contributed by atoms with Crippen LogP contribution in [0.1, 0.15) is 37.8 Å². The van der Waals surface area contributed by atoms with Gasteiger partial charge in [0, 0.05) is 42.4 Å². The van der Waals surface area contributed by atoms with E-state index in [0.717, 1.165) is 16.5 Å². The van der Waals surface area contributed by atoms with E-state index < -0.39 is 16.1 Å². The number of sulfonamides is 1. The van der Waals surface area contributed by atoms with Crippen molar-refractivity contribution in [2.75, 3.05) is 10.8 Å². The van der Waals surface area contributed by atoms with Crippen LogP contribution >= 0.6 is 11.6 Å². The molecule has 0 radical (unpaired) electrons. The molecule has 4 aromatic rings. The highest BCUT2D eigenvalue weighted by Gasteiger charge is 2.36. The largest absolute Gasteiger partial charge is 0.352 e. The minimum atomic E-state index is -3.73. The fourth-order valence-corrected chi connectivity index (χ4v) is 7.41. The van der Waals surface area contributed by atoms with Gasteiger partial charge in [-0.05, 0) is 55.0 Å². The molecular formula is C33H34ClN3O4S. The molecule has 1 N–H and O–H groups in total. The molecular weight excluding hydrogens is 570 g/mol. The fourth-order valence-electron chi connectivity index (χ4n) is 5.46. The van der Waals surface area contributed by atoms with Crippen LogP contribution in [0.4, 0.5) is 5.69 Å². The van der Waals surface area contributed by atoms with Gasteiger partial charge in [-0.15, -0.1) is 0 Å². The molecule has 0 aliphatic carbocycles. The van der Waals surface area contributed by atoms with Crippen LogP contribution < -0.4 is 9.62 Å². The Balaban J connectivity index is 1.40. The predicted molar refractivity (Wildman–Crippen MR) is 167 cm³/mol. The van der Waals surface area contributed by atoms with Crippen LogP contribution in [0.15, 0.2) is 95.9 Å². The summed E-state index contributed by atoms with van der Waals surface area (Å²) in [5, 5.41) is 5.05. The van der Waals surface area contributed by atoms with E-state index in [1.165, 1.54) is 4.31 Å². The van der Waals surface area contributed by atoms with Crippen molar-refractivity contribution in [2.24, 2.45) is 0 Å². The molecule has 1 atom stereocenters. The number of nitrogens with zero attached hydrogens (tertiary/aromatic N) is 2. The van der Waals surface area contributed by atoms with Crippen molar-refractivity contribution in [3.05, 3.63) is 107 Å². The van der Waals surface area contributed by atoms with Crippen LogP contribution in [0.25, 0.3) is 10.8 Å². The lowest BCUT2D eigenvalue weighted by Gasteiger charge is -2.32. The first kappa shape index (κ1) is 29.6. The number of nitrogens with one attached hydrogen (secondary N) is 1. The highest BCUT2D eigenvalue weighted by Crippen LogP contribution is 2.42. The monoisotopic (exact) mass is 603 g/mol. The van der Waals surface area contributed by atoms with Gasteiger partial charge in [-0.2, -0.15) is 0 Å². The summed E-state index contributed by atoms with van der Waals surface area (Å²) in [6, 6.07) is 26.8. The zero-order chi connectivity index (χ0) is 29.9. The molecule has 1 aliphatic heterocycles. The third kappa shape index (κ3) is 6.15. The van der Waals surface area contributed by atoms with Crippen molar-refractivity contribution in [3.63, 3.8) is 0 Å². The van der Waals surface area contributed by atoms with Crippen molar-refractivity contribution in [1.82, 2.24) is 10.2 Å². The van der Waals surface area contributed by atoms with E-state index in [4.69, 9.17) is 11.6 Å². The summed E-state index contributed by atoms with van der Waals surface area (Å²) < 4.78 is 28.2.